The number of hydrogen-bond acceptors (Lipinski definition) is 5. The molecule has 2 aromatic rings. The summed E-state index contributed by atoms with van der Waals surface area (Å²) in [6.45, 7) is 1.67. The molecular weight excluding hydrogens is 425 g/mol. The van der Waals surface area contributed by atoms with Gasteiger partial charge in [-0.15, -0.1) is 0 Å². The van der Waals surface area contributed by atoms with E-state index in [2.05, 4.69) is 10.3 Å². The van der Waals surface area contributed by atoms with Gasteiger partial charge in [0, 0.05) is 6.20 Å². The molecule has 2 aliphatic rings. The third-order valence-corrected chi connectivity index (χ3v) is 5.52. The number of hydrogen-bond donors (Lipinski definition) is 2. The van der Waals surface area contributed by atoms with E-state index in [1.807, 2.05) is 6.07 Å². The number of ether oxygens (including phenoxy) is 2. The molecule has 1 aliphatic heterocycles. The number of benzene rings is 1. The van der Waals surface area contributed by atoms with E-state index in [0.29, 0.717) is 31.1 Å². The Hall–Kier alpha value is -3.07. The van der Waals surface area contributed by atoms with Crippen molar-refractivity contribution in [1.29, 1.82) is 0 Å². The second-order valence-electron chi connectivity index (χ2n) is 7.90. The van der Waals surface area contributed by atoms with Crippen LogP contribution in [-0.2, 0) is 4.74 Å². The molecule has 2 N–H and O–H groups in total. The van der Waals surface area contributed by atoms with Crippen molar-refractivity contribution in [2.45, 2.75) is 44.4 Å². The molecule has 1 aromatic carbocycles. The van der Waals surface area contributed by atoms with Gasteiger partial charge in [-0.2, -0.15) is 13.2 Å². The number of pyridine rings is 1. The van der Waals surface area contributed by atoms with Crippen LogP contribution in [0.1, 0.15) is 53.7 Å². The fourth-order valence-corrected chi connectivity index (χ4v) is 3.54. The zero-order chi connectivity index (χ0) is 22.9. The van der Waals surface area contributed by atoms with Crippen molar-refractivity contribution in [3.05, 3.63) is 53.4 Å². The van der Waals surface area contributed by atoms with Crippen molar-refractivity contribution in [3.8, 4) is 5.75 Å². The van der Waals surface area contributed by atoms with Crippen LogP contribution in [0.25, 0.3) is 5.57 Å². The molecule has 1 aromatic heterocycles. The number of carboxylic acid groups (broad SMARTS) is 1. The Balaban J connectivity index is 1.75. The van der Waals surface area contributed by atoms with E-state index < -0.39 is 18.2 Å². The highest BCUT2D eigenvalue weighted by molar-refractivity contribution is 5.96. The summed E-state index contributed by atoms with van der Waals surface area (Å²) in [6.07, 6.45) is -0.929. The Morgan fingerprint density at radius 2 is 2.06 bits per heavy atom. The van der Waals surface area contributed by atoms with Crippen LogP contribution in [0.3, 0.4) is 0 Å². The van der Waals surface area contributed by atoms with E-state index in [9.17, 15) is 23.1 Å². The normalized spacial score (nSPS) is 17.4. The van der Waals surface area contributed by atoms with Crippen LogP contribution in [0.2, 0.25) is 0 Å². The molecule has 1 atom stereocenters. The molecule has 9 heteroatoms. The van der Waals surface area contributed by atoms with E-state index in [4.69, 9.17) is 9.47 Å². The Bertz CT molecular complexity index is 1050. The highest BCUT2D eigenvalue weighted by Gasteiger charge is 2.39. The predicted molar refractivity (Wildman–Crippen MR) is 112 cm³/mol. The van der Waals surface area contributed by atoms with E-state index >= 15 is 0 Å². The highest BCUT2D eigenvalue weighted by Crippen LogP contribution is 2.42. The Labute approximate surface area is 183 Å². The molecule has 170 valence electrons. The molecule has 1 fully saturated rings. The summed E-state index contributed by atoms with van der Waals surface area (Å²) in [4.78, 5) is 16.1. The molecule has 0 bridgehead atoms. The standard InChI is InChI=1S/C23H23F3N2O4/c1-13(23(24,25)26)32-21-19(6-9-27-20(21)15-7-10-31-11-8-15)28-18-5-4-16(14-2-3-14)12-17(18)22(29)30/h4-7,9,12-14H,2-3,8,10-11H2,1H3,(H,27,28)(H,29,30). The zero-order valence-electron chi connectivity index (χ0n) is 17.4. The van der Waals surface area contributed by atoms with Gasteiger partial charge in [0.2, 0.25) is 0 Å². The average molecular weight is 448 g/mol. The topological polar surface area (TPSA) is 80.7 Å². The molecular formula is C23H23F3N2O4. The summed E-state index contributed by atoms with van der Waals surface area (Å²) < 4.78 is 50.5. The molecule has 0 saturated heterocycles. The van der Waals surface area contributed by atoms with Crippen molar-refractivity contribution >= 4 is 22.9 Å². The first-order valence-corrected chi connectivity index (χ1v) is 10.4. The van der Waals surface area contributed by atoms with Gasteiger partial charge < -0.3 is 19.9 Å². The summed E-state index contributed by atoms with van der Waals surface area (Å²) in [6, 6.07) is 6.57. The van der Waals surface area contributed by atoms with Gasteiger partial charge in [-0.3, -0.25) is 4.98 Å². The van der Waals surface area contributed by atoms with Crippen molar-refractivity contribution in [2.75, 3.05) is 18.5 Å². The third kappa shape index (κ3) is 4.88. The lowest BCUT2D eigenvalue weighted by molar-refractivity contribution is -0.189. The maximum atomic E-state index is 13.3. The molecule has 1 saturated carbocycles. The van der Waals surface area contributed by atoms with Crippen LogP contribution in [0, 0.1) is 0 Å². The van der Waals surface area contributed by atoms with Crippen LogP contribution in [-0.4, -0.2) is 41.6 Å². The quantitative estimate of drug-likeness (QED) is 0.579. The molecule has 0 spiro atoms. The lowest BCUT2D eigenvalue weighted by atomic mass is 10.0. The summed E-state index contributed by atoms with van der Waals surface area (Å²) in [5.41, 5.74) is 2.46. The number of rotatable bonds is 7. The SMILES string of the molecule is CC(Oc1c(Nc2ccc(C3CC3)cc2C(=O)O)ccnc1C1=CCOCC1)C(F)(F)F. The minimum absolute atomic E-state index is 0.0489. The first-order chi connectivity index (χ1) is 15.2. The second-order valence-corrected chi connectivity index (χ2v) is 7.90. The van der Waals surface area contributed by atoms with Crippen molar-refractivity contribution < 1.29 is 32.5 Å². The van der Waals surface area contributed by atoms with E-state index in [0.717, 1.165) is 25.3 Å². The molecule has 0 amide bonds. The lowest BCUT2D eigenvalue weighted by Crippen LogP contribution is -2.31. The third-order valence-electron chi connectivity index (χ3n) is 5.52. The Morgan fingerprint density at radius 1 is 1.28 bits per heavy atom. The largest absolute Gasteiger partial charge is 0.478 e. The highest BCUT2D eigenvalue weighted by atomic mass is 19.4. The molecule has 0 radical (unpaired) electrons. The number of halogens is 3. The average Bonchev–Trinajstić information content (AvgIpc) is 3.60. The van der Waals surface area contributed by atoms with E-state index in [-0.39, 0.29) is 28.4 Å². The predicted octanol–water partition coefficient (Wildman–Crippen LogP) is 5.53. The minimum atomic E-state index is -4.58. The first-order valence-electron chi connectivity index (χ1n) is 10.4. The second kappa shape index (κ2) is 8.82. The number of alkyl halides is 3. The van der Waals surface area contributed by atoms with E-state index in [1.165, 1.54) is 12.3 Å². The molecule has 6 nitrogen and oxygen atoms in total. The van der Waals surface area contributed by atoms with E-state index in [1.54, 1.807) is 18.2 Å². The maximum Gasteiger partial charge on any atom is 0.425 e. The monoisotopic (exact) mass is 448 g/mol. The number of aromatic nitrogens is 1. The van der Waals surface area contributed by atoms with Crippen LogP contribution in [0.5, 0.6) is 5.75 Å². The number of carbonyl (C=O) groups is 1. The number of nitrogens with zero attached hydrogens (tertiary/aromatic N) is 1. The molecule has 4 rings (SSSR count). The van der Waals surface area contributed by atoms with Gasteiger partial charge in [-0.25, -0.2) is 4.79 Å². The summed E-state index contributed by atoms with van der Waals surface area (Å²) >= 11 is 0. The number of anilines is 2. The summed E-state index contributed by atoms with van der Waals surface area (Å²) in [5.74, 6) is -0.836. The van der Waals surface area contributed by atoms with Gasteiger partial charge in [-0.1, -0.05) is 12.1 Å². The van der Waals surface area contributed by atoms with Crippen molar-refractivity contribution in [3.63, 3.8) is 0 Å². The van der Waals surface area contributed by atoms with Crippen molar-refractivity contribution in [2.24, 2.45) is 0 Å². The smallest absolute Gasteiger partial charge is 0.425 e. The first kappa shape index (κ1) is 22.1. The fourth-order valence-electron chi connectivity index (χ4n) is 3.54. The van der Waals surface area contributed by atoms with Crippen LogP contribution in [0.4, 0.5) is 24.5 Å². The summed E-state index contributed by atoms with van der Waals surface area (Å²) in [5, 5.41) is 12.7. The summed E-state index contributed by atoms with van der Waals surface area (Å²) in [7, 11) is 0. The molecule has 2 heterocycles. The van der Waals surface area contributed by atoms with Crippen LogP contribution in [0.15, 0.2) is 36.5 Å². The fraction of sp³-hybridized carbons (Fsp3) is 0.391. The molecule has 1 aliphatic carbocycles. The van der Waals surface area contributed by atoms with Gasteiger partial charge in [0.25, 0.3) is 0 Å². The number of carboxylic acids is 1. The maximum absolute atomic E-state index is 13.3. The van der Waals surface area contributed by atoms with Gasteiger partial charge in [-0.05, 0) is 61.4 Å². The van der Waals surface area contributed by atoms with Gasteiger partial charge in [0.15, 0.2) is 11.9 Å². The van der Waals surface area contributed by atoms with Gasteiger partial charge in [0.1, 0.15) is 5.69 Å². The Kier molecular flexibility index (Phi) is 6.10. The zero-order valence-corrected chi connectivity index (χ0v) is 17.4. The minimum Gasteiger partial charge on any atom is -0.478 e. The number of nitrogens with one attached hydrogen (secondary N) is 1. The van der Waals surface area contributed by atoms with Crippen LogP contribution >= 0.6 is 0 Å². The van der Waals surface area contributed by atoms with Gasteiger partial charge in [0.05, 0.1) is 30.2 Å². The number of aromatic carboxylic acids is 1. The molecule has 1 unspecified atom stereocenters. The van der Waals surface area contributed by atoms with Crippen molar-refractivity contribution in [1.82, 2.24) is 4.98 Å². The molecule has 32 heavy (non-hydrogen) atoms. The van der Waals surface area contributed by atoms with Crippen LogP contribution < -0.4 is 10.1 Å². The Morgan fingerprint density at radius 3 is 2.69 bits per heavy atom. The lowest BCUT2D eigenvalue weighted by Gasteiger charge is -2.24. The van der Waals surface area contributed by atoms with Gasteiger partial charge >= 0.3 is 12.1 Å².